The maximum Gasteiger partial charge on any atom is 0.341 e. The van der Waals surface area contributed by atoms with E-state index in [1.165, 1.54) is 7.11 Å². The summed E-state index contributed by atoms with van der Waals surface area (Å²) in [6, 6.07) is 14.9. The highest BCUT2D eigenvalue weighted by molar-refractivity contribution is 6.28. The van der Waals surface area contributed by atoms with E-state index in [1.807, 2.05) is 42.5 Å². The molecular weight excluding hydrogens is 292 g/mol. The van der Waals surface area contributed by atoms with Gasteiger partial charge in [-0.25, -0.2) is 4.79 Å². The number of Topliss-reactive ketones (excluding diaryl/α,β-unsaturated/α-hetero) is 1. The number of rotatable bonds is 1. The lowest BCUT2D eigenvalue weighted by Gasteiger charge is -2.34. The van der Waals surface area contributed by atoms with E-state index in [0.29, 0.717) is 16.7 Å². The van der Waals surface area contributed by atoms with Crippen LogP contribution in [0.2, 0.25) is 0 Å². The quantitative estimate of drug-likeness (QED) is 0.649. The lowest BCUT2D eigenvalue weighted by atomic mass is 9.73. The third-order valence-electron chi connectivity index (χ3n) is 4.61. The highest BCUT2D eigenvalue weighted by Crippen LogP contribution is 2.55. The standard InChI is InChI=1S/C19H14O4/c1-23-18(21)16-15(20)10-19(22)14-9-5-4-7-12(14)11-6-2-3-8-13(11)17(16)19/h2-9,22H,10H2,1H3. The summed E-state index contributed by atoms with van der Waals surface area (Å²) in [5.74, 6) is -1.09. The second-order valence-corrected chi connectivity index (χ2v) is 5.79. The van der Waals surface area contributed by atoms with Gasteiger partial charge in [-0.2, -0.15) is 0 Å². The molecule has 2 aliphatic rings. The third kappa shape index (κ3) is 1.69. The van der Waals surface area contributed by atoms with Crippen molar-refractivity contribution in [1.82, 2.24) is 0 Å². The van der Waals surface area contributed by atoms with Crippen molar-refractivity contribution in [1.29, 1.82) is 0 Å². The number of hydrogen-bond donors (Lipinski definition) is 1. The Morgan fingerprint density at radius 2 is 1.65 bits per heavy atom. The summed E-state index contributed by atoms with van der Waals surface area (Å²) in [4.78, 5) is 24.6. The summed E-state index contributed by atoms with van der Waals surface area (Å²) >= 11 is 0. The van der Waals surface area contributed by atoms with Crippen LogP contribution in [0, 0.1) is 0 Å². The van der Waals surface area contributed by atoms with Gasteiger partial charge in [0, 0.05) is 12.0 Å². The fraction of sp³-hybridized carbons (Fsp3) is 0.158. The average molecular weight is 306 g/mol. The van der Waals surface area contributed by atoms with Crippen LogP contribution in [0.1, 0.15) is 17.5 Å². The molecule has 1 unspecified atom stereocenters. The fourth-order valence-electron chi connectivity index (χ4n) is 3.68. The van der Waals surface area contributed by atoms with Crippen LogP contribution in [-0.2, 0) is 19.9 Å². The number of benzene rings is 2. The van der Waals surface area contributed by atoms with Gasteiger partial charge in [-0.3, -0.25) is 4.79 Å². The number of aliphatic hydroxyl groups is 1. The third-order valence-corrected chi connectivity index (χ3v) is 4.61. The Labute approximate surface area is 133 Å². The van der Waals surface area contributed by atoms with Gasteiger partial charge >= 0.3 is 5.97 Å². The maximum absolute atomic E-state index is 12.4. The molecule has 23 heavy (non-hydrogen) atoms. The Hall–Kier alpha value is -2.72. The molecule has 4 rings (SSSR count). The minimum absolute atomic E-state index is 0.0445. The Kier molecular flexibility index (Phi) is 2.80. The molecule has 0 aliphatic heterocycles. The summed E-state index contributed by atoms with van der Waals surface area (Å²) in [5.41, 5.74) is 1.99. The van der Waals surface area contributed by atoms with Crippen molar-refractivity contribution >= 4 is 17.3 Å². The van der Waals surface area contributed by atoms with E-state index < -0.39 is 11.6 Å². The monoisotopic (exact) mass is 306 g/mol. The summed E-state index contributed by atoms with van der Waals surface area (Å²) in [7, 11) is 1.24. The molecule has 0 bridgehead atoms. The predicted octanol–water partition coefficient (Wildman–Crippen LogP) is 2.45. The minimum Gasteiger partial charge on any atom is -0.465 e. The Bertz CT molecular complexity index is 894. The molecular formula is C19H14O4. The molecule has 0 saturated heterocycles. The van der Waals surface area contributed by atoms with Crippen molar-refractivity contribution in [2.45, 2.75) is 12.0 Å². The largest absolute Gasteiger partial charge is 0.465 e. The lowest BCUT2D eigenvalue weighted by molar-refractivity contribution is -0.137. The highest BCUT2D eigenvalue weighted by atomic mass is 16.5. The number of hydrogen-bond acceptors (Lipinski definition) is 4. The fourth-order valence-corrected chi connectivity index (χ4v) is 3.68. The molecule has 0 heterocycles. The molecule has 0 spiro atoms. The summed E-state index contributed by atoms with van der Waals surface area (Å²) in [6.45, 7) is 0. The van der Waals surface area contributed by atoms with Crippen LogP contribution >= 0.6 is 0 Å². The first-order valence-electron chi connectivity index (χ1n) is 7.36. The summed E-state index contributed by atoms with van der Waals surface area (Å²) in [5, 5.41) is 11.3. The summed E-state index contributed by atoms with van der Waals surface area (Å²) < 4.78 is 4.77. The van der Waals surface area contributed by atoms with E-state index in [1.54, 1.807) is 6.07 Å². The van der Waals surface area contributed by atoms with Crippen LogP contribution in [0.5, 0.6) is 0 Å². The van der Waals surface area contributed by atoms with Crippen molar-refractivity contribution in [3.8, 4) is 11.1 Å². The van der Waals surface area contributed by atoms with Crippen LogP contribution in [0.15, 0.2) is 54.1 Å². The molecule has 0 saturated carbocycles. The zero-order valence-electron chi connectivity index (χ0n) is 12.5. The smallest absolute Gasteiger partial charge is 0.341 e. The Morgan fingerprint density at radius 3 is 2.35 bits per heavy atom. The summed E-state index contributed by atoms with van der Waals surface area (Å²) in [6.07, 6.45) is -0.141. The van der Waals surface area contributed by atoms with Gasteiger partial charge in [0.2, 0.25) is 0 Å². The average Bonchev–Trinajstić information content (AvgIpc) is 2.86. The molecule has 0 aromatic heterocycles. The second kappa shape index (κ2) is 4.64. The van der Waals surface area contributed by atoms with Gasteiger partial charge in [0.05, 0.1) is 7.11 Å². The first-order chi connectivity index (χ1) is 11.1. The highest BCUT2D eigenvalue weighted by Gasteiger charge is 2.52. The van der Waals surface area contributed by atoms with Crippen molar-refractivity contribution in [3.05, 3.63) is 65.2 Å². The molecule has 1 atom stereocenters. The van der Waals surface area contributed by atoms with Crippen LogP contribution in [0.25, 0.3) is 16.7 Å². The van der Waals surface area contributed by atoms with Crippen LogP contribution in [0.3, 0.4) is 0 Å². The molecule has 2 aromatic rings. The van der Waals surface area contributed by atoms with Crippen LogP contribution in [0.4, 0.5) is 0 Å². The Morgan fingerprint density at radius 1 is 1.04 bits per heavy atom. The van der Waals surface area contributed by atoms with Crippen LogP contribution < -0.4 is 0 Å². The molecule has 2 aromatic carbocycles. The zero-order chi connectivity index (χ0) is 16.2. The normalized spacial score (nSPS) is 21.6. The Balaban J connectivity index is 2.15. The molecule has 0 radical (unpaired) electrons. The van der Waals surface area contributed by atoms with Crippen molar-refractivity contribution in [2.24, 2.45) is 0 Å². The molecule has 114 valence electrons. The van der Waals surface area contributed by atoms with E-state index in [4.69, 9.17) is 4.74 Å². The van der Waals surface area contributed by atoms with Crippen LogP contribution in [-0.4, -0.2) is 24.0 Å². The second-order valence-electron chi connectivity index (χ2n) is 5.79. The number of ether oxygens (including phenoxy) is 1. The molecule has 0 fully saturated rings. The number of ketones is 1. The molecule has 2 aliphatic carbocycles. The van der Waals surface area contributed by atoms with Crippen molar-refractivity contribution < 1.29 is 19.4 Å². The van der Waals surface area contributed by atoms with Gasteiger partial charge < -0.3 is 9.84 Å². The zero-order valence-corrected chi connectivity index (χ0v) is 12.5. The van der Waals surface area contributed by atoms with Crippen molar-refractivity contribution in [2.75, 3.05) is 7.11 Å². The van der Waals surface area contributed by atoms with E-state index in [0.717, 1.165) is 11.1 Å². The van der Waals surface area contributed by atoms with E-state index in [2.05, 4.69) is 0 Å². The molecule has 1 N–H and O–H groups in total. The van der Waals surface area contributed by atoms with Gasteiger partial charge in [-0.1, -0.05) is 48.5 Å². The van der Waals surface area contributed by atoms with Gasteiger partial charge in [-0.15, -0.1) is 0 Å². The number of esters is 1. The molecule has 4 nitrogen and oxygen atoms in total. The van der Waals surface area contributed by atoms with E-state index in [9.17, 15) is 14.7 Å². The first kappa shape index (κ1) is 13.9. The number of carbonyl (C=O) groups excluding carboxylic acids is 2. The molecule has 0 amide bonds. The number of methoxy groups -OCH3 is 1. The van der Waals surface area contributed by atoms with Gasteiger partial charge in [0.25, 0.3) is 0 Å². The molecule has 4 heteroatoms. The lowest BCUT2D eigenvalue weighted by Crippen LogP contribution is -2.29. The predicted molar refractivity (Wildman–Crippen MR) is 84.3 cm³/mol. The van der Waals surface area contributed by atoms with Crippen molar-refractivity contribution in [3.63, 3.8) is 0 Å². The topological polar surface area (TPSA) is 63.6 Å². The van der Waals surface area contributed by atoms with Gasteiger partial charge in [0.1, 0.15) is 11.2 Å². The number of carbonyl (C=O) groups is 2. The first-order valence-corrected chi connectivity index (χ1v) is 7.36. The number of fused-ring (bicyclic) bond motifs is 6. The van der Waals surface area contributed by atoms with Gasteiger partial charge in [0.15, 0.2) is 5.78 Å². The van der Waals surface area contributed by atoms with E-state index >= 15 is 0 Å². The maximum atomic E-state index is 12.4. The van der Waals surface area contributed by atoms with Gasteiger partial charge in [-0.05, 0) is 22.3 Å². The van der Waals surface area contributed by atoms with E-state index in [-0.39, 0.29) is 17.8 Å². The SMILES string of the molecule is COC(=O)C1=C2c3ccccc3-c3ccccc3C2(O)CC1=O. The minimum atomic E-state index is -1.48.